The molecule has 2 aromatic carbocycles. The molecule has 0 saturated heterocycles. The fourth-order valence-corrected chi connectivity index (χ4v) is 4.10. The minimum Gasteiger partial charge on any atom is -0.465 e. The van der Waals surface area contributed by atoms with Crippen LogP contribution in [0, 0.1) is 0 Å². The molecule has 1 unspecified atom stereocenters. The number of rotatable bonds is 5. The molecule has 0 saturated carbocycles. The van der Waals surface area contributed by atoms with E-state index in [-0.39, 0.29) is 5.76 Å². The van der Waals surface area contributed by atoms with Gasteiger partial charge in [-0.05, 0) is 37.1 Å². The zero-order valence-electron chi connectivity index (χ0n) is 18.0. The van der Waals surface area contributed by atoms with E-state index < -0.39 is 23.1 Å². The van der Waals surface area contributed by atoms with Gasteiger partial charge in [-0.2, -0.15) is 18.3 Å². The smallest absolute Gasteiger partial charge is 0.429 e. The van der Waals surface area contributed by atoms with Crippen LogP contribution in [0.5, 0.6) is 0 Å². The summed E-state index contributed by atoms with van der Waals surface area (Å²) in [7, 11) is 0. The van der Waals surface area contributed by atoms with Gasteiger partial charge in [-0.15, -0.1) is 0 Å². The van der Waals surface area contributed by atoms with E-state index >= 15 is 0 Å². The van der Waals surface area contributed by atoms with Crippen LogP contribution < -0.4 is 0 Å². The number of para-hydroxylation sites is 1. The predicted molar refractivity (Wildman–Crippen MR) is 120 cm³/mol. The molecule has 5 nitrogen and oxygen atoms in total. The average molecular weight is 466 g/mol. The van der Waals surface area contributed by atoms with Crippen LogP contribution in [-0.4, -0.2) is 21.1 Å². The Kier molecular flexibility index (Phi) is 5.53. The minimum absolute atomic E-state index is 0.194. The van der Waals surface area contributed by atoms with Crippen LogP contribution in [0.3, 0.4) is 0 Å². The molecule has 8 heteroatoms. The summed E-state index contributed by atoms with van der Waals surface area (Å²) < 4.78 is 55.4. The molecule has 5 rings (SSSR count). The fourth-order valence-electron chi connectivity index (χ4n) is 4.10. The molecular weight excluding hydrogens is 445 g/mol. The van der Waals surface area contributed by atoms with Crippen LogP contribution in [0.1, 0.15) is 24.8 Å². The summed E-state index contributed by atoms with van der Waals surface area (Å²) >= 11 is 0. The lowest BCUT2D eigenvalue weighted by atomic mass is 9.90. The number of benzene rings is 2. The number of nitrogens with zero attached hydrogens (tertiary/aromatic N) is 2. The third-order valence-electron chi connectivity index (χ3n) is 5.87. The highest BCUT2D eigenvalue weighted by Gasteiger charge is 2.60. The Bertz CT molecular complexity index is 1340. The lowest BCUT2D eigenvalue weighted by Gasteiger charge is -2.34. The van der Waals surface area contributed by atoms with Gasteiger partial charge in [0.25, 0.3) is 0 Å². The van der Waals surface area contributed by atoms with Crippen LogP contribution in [0.2, 0.25) is 0 Å². The quantitative estimate of drug-likeness (QED) is 0.489. The molecule has 1 aromatic heterocycles. The van der Waals surface area contributed by atoms with E-state index in [0.717, 1.165) is 30.4 Å². The maximum atomic E-state index is 14.3. The maximum Gasteiger partial charge on any atom is 0.429 e. The number of fused-ring (bicyclic) bond motifs is 1. The molecule has 34 heavy (non-hydrogen) atoms. The van der Waals surface area contributed by atoms with Crippen molar-refractivity contribution in [1.29, 1.82) is 0 Å². The molecule has 0 radical (unpaired) electrons. The SMILES string of the molecule is OC(C1=COC=C(CC2=CC=CCC2)O1)(c1ccc2c(cnn2-c2ccccc2)c1)C(F)(F)F. The topological polar surface area (TPSA) is 56.5 Å². The summed E-state index contributed by atoms with van der Waals surface area (Å²) in [5.41, 5.74) is -1.42. The Morgan fingerprint density at radius 3 is 2.62 bits per heavy atom. The first kappa shape index (κ1) is 22.0. The predicted octanol–water partition coefficient (Wildman–Crippen LogP) is 6.17. The molecule has 1 N–H and O–H groups in total. The molecule has 0 fully saturated rings. The molecule has 2 heterocycles. The van der Waals surface area contributed by atoms with Gasteiger partial charge in [0, 0.05) is 17.4 Å². The van der Waals surface area contributed by atoms with Crippen molar-refractivity contribution in [2.24, 2.45) is 0 Å². The molecule has 0 bridgehead atoms. The second-order valence-electron chi connectivity index (χ2n) is 8.15. The summed E-state index contributed by atoms with van der Waals surface area (Å²) in [5.74, 6) is -0.543. The van der Waals surface area contributed by atoms with E-state index in [4.69, 9.17) is 9.47 Å². The van der Waals surface area contributed by atoms with Crippen LogP contribution in [0.15, 0.2) is 103 Å². The number of halogens is 3. The van der Waals surface area contributed by atoms with Crippen molar-refractivity contribution in [3.63, 3.8) is 0 Å². The van der Waals surface area contributed by atoms with E-state index in [1.165, 1.54) is 30.7 Å². The van der Waals surface area contributed by atoms with Crippen molar-refractivity contribution in [1.82, 2.24) is 9.78 Å². The van der Waals surface area contributed by atoms with Gasteiger partial charge >= 0.3 is 6.18 Å². The molecule has 174 valence electrons. The van der Waals surface area contributed by atoms with Gasteiger partial charge in [-0.25, -0.2) is 4.68 Å². The van der Waals surface area contributed by atoms with Crippen molar-refractivity contribution >= 4 is 10.9 Å². The highest BCUT2D eigenvalue weighted by atomic mass is 19.4. The summed E-state index contributed by atoms with van der Waals surface area (Å²) in [6.45, 7) is 0. The van der Waals surface area contributed by atoms with E-state index in [2.05, 4.69) is 5.10 Å². The van der Waals surface area contributed by atoms with E-state index in [1.807, 2.05) is 48.6 Å². The molecular formula is C26H21F3N2O3. The first-order chi connectivity index (χ1) is 16.4. The van der Waals surface area contributed by atoms with Gasteiger partial charge in [0.1, 0.15) is 18.3 Å². The standard InChI is InChI=1S/C26H21F3N2O3/c27-26(28,29)25(32,24-17-33-16-22(34-24)13-18-7-3-1-4-8-18)20-11-12-23-19(14-20)15-30-31(23)21-9-5-2-6-10-21/h1-3,5-7,9-12,14-17,32H,4,8,13H2. The third-order valence-corrected chi connectivity index (χ3v) is 5.87. The minimum atomic E-state index is -5.07. The monoisotopic (exact) mass is 466 g/mol. The maximum absolute atomic E-state index is 14.3. The Morgan fingerprint density at radius 2 is 1.88 bits per heavy atom. The number of allylic oxidation sites excluding steroid dienone is 4. The van der Waals surface area contributed by atoms with Crippen LogP contribution in [0.25, 0.3) is 16.6 Å². The molecule has 1 aliphatic heterocycles. The highest BCUT2D eigenvalue weighted by Crippen LogP contribution is 2.47. The molecule has 0 spiro atoms. The zero-order chi connectivity index (χ0) is 23.8. The number of alkyl halides is 3. The summed E-state index contributed by atoms with van der Waals surface area (Å²) in [6, 6.07) is 13.2. The lowest BCUT2D eigenvalue weighted by molar-refractivity contribution is -0.262. The van der Waals surface area contributed by atoms with Crippen LogP contribution in [0.4, 0.5) is 13.2 Å². The first-order valence-corrected chi connectivity index (χ1v) is 10.8. The number of hydrogen-bond donors (Lipinski definition) is 1. The van der Waals surface area contributed by atoms with Gasteiger partial charge in [0.15, 0.2) is 5.76 Å². The number of aliphatic hydroxyl groups is 1. The van der Waals surface area contributed by atoms with Gasteiger partial charge in [0.2, 0.25) is 5.60 Å². The van der Waals surface area contributed by atoms with Crippen molar-refractivity contribution in [3.05, 3.63) is 108 Å². The van der Waals surface area contributed by atoms with Crippen LogP contribution in [-0.2, 0) is 15.1 Å². The Morgan fingerprint density at radius 1 is 1.06 bits per heavy atom. The lowest BCUT2D eigenvalue weighted by Crippen LogP contribution is -2.45. The van der Waals surface area contributed by atoms with E-state index in [9.17, 15) is 18.3 Å². The van der Waals surface area contributed by atoms with E-state index in [0.29, 0.717) is 17.3 Å². The van der Waals surface area contributed by atoms with Gasteiger partial charge in [-0.1, -0.05) is 48.1 Å². The molecule has 0 amide bonds. The molecule has 1 atom stereocenters. The Hall–Kier alpha value is -3.78. The van der Waals surface area contributed by atoms with Gasteiger partial charge in [0.05, 0.1) is 17.4 Å². The summed E-state index contributed by atoms with van der Waals surface area (Å²) in [4.78, 5) is 0. The molecule has 1 aliphatic carbocycles. The number of hydrogen-bond acceptors (Lipinski definition) is 4. The normalized spacial score (nSPS) is 17.8. The van der Waals surface area contributed by atoms with Gasteiger partial charge in [-0.3, -0.25) is 0 Å². The second-order valence-corrected chi connectivity index (χ2v) is 8.15. The van der Waals surface area contributed by atoms with Crippen molar-refractivity contribution in [2.75, 3.05) is 0 Å². The van der Waals surface area contributed by atoms with Crippen molar-refractivity contribution < 1.29 is 27.8 Å². The van der Waals surface area contributed by atoms with E-state index in [1.54, 1.807) is 4.68 Å². The Labute approximate surface area is 193 Å². The largest absolute Gasteiger partial charge is 0.465 e. The molecule has 3 aromatic rings. The van der Waals surface area contributed by atoms with Crippen molar-refractivity contribution in [2.45, 2.75) is 31.0 Å². The fraction of sp³-hybridized carbons (Fsp3) is 0.192. The van der Waals surface area contributed by atoms with Crippen molar-refractivity contribution in [3.8, 4) is 5.69 Å². The zero-order valence-corrected chi connectivity index (χ0v) is 18.0. The van der Waals surface area contributed by atoms with Crippen LogP contribution >= 0.6 is 0 Å². The number of ether oxygens (including phenoxy) is 2. The summed E-state index contributed by atoms with van der Waals surface area (Å²) in [5, 5.41) is 15.8. The summed E-state index contributed by atoms with van der Waals surface area (Å²) in [6.07, 6.45) is 6.18. The third kappa shape index (κ3) is 3.90. The first-order valence-electron chi connectivity index (χ1n) is 10.8. The average Bonchev–Trinajstić information content (AvgIpc) is 3.27. The molecule has 2 aliphatic rings. The highest BCUT2D eigenvalue weighted by molar-refractivity contribution is 5.81. The second kappa shape index (κ2) is 8.53. The number of aromatic nitrogens is 2. The Balaban J connectivity index is 1.49. The van der Waals surface area contributed by atoms with Gasteiger partial charge < -0.3 is 14.6 Å².